The van der Waals surface area contributed by atoms with Crippen LogP contribution in [0.2, 0.25) is 0 Å². The molecule has 1 N–H and O–H groups in total. The minimum Gasteiger partial charge on any atom is -0.477 e. The molecule has 1 atom stereocenters. The van der Waals surface area contributed by atoms with Crippen molar-refractivity contribution in [3.8, 4) is 0 Å². The van der Waals surface area contributed by atoms with Crippen LogP contribution < -0.4 is 0 Å². The molecule has 0 fully saturated rings. The Hall–Kier alpha value is -2.81. The van der Waals surface area contributed by atoms with Crippen molar-refractivity contribution < 1.29 is 24.0 Å². The third-order valence-corrected chi connectivity index (χ3v) is 3.21. The van der Waals surface area contributed by atoms with Gasteiger partial charge < -0.3 is 19.3 Å². The van der Waals surface area contributed by atoms with E-state index in [4.69, 9.17) is 14.4 Å². The van der Waals surface area contributed by atoms with E-state index in [-0.39, 0.29) is 35.7 Å². The average molecular weight is 334 g/mol. The lowest BCUT2D eigenvalue weighted by atomic mass is 10.2. The van der Waals surface area contributed by atoms with Crippen molar-refractivity contribution in [2.45, 2.75) is 26.5 Å². The first-order valence-corrected chi connectivity index (χ1v) is 7.31. The second-order valence-electron chi connectivity index (χ2n) is 5.04. The Balaban J connectivity index is 2.02. The molecule has 0 aliphatic rings. The zero-order valence-electron chi connectivity index (χ0n) is 13.6. The number of aromatic nitrogens is 3. The number of pyridine rings is 1. The van der Waals surface area contributed by atoms with Crippen LogP contribution in [0.1, 0.15) is 52.5 Å². The maximum Gasteiger partial charge on any atom is 0.354 e. The van der Waals surface area contributed by atoms with E-state index in [9.17, 15) is 9.59 Å². The van der Waals surface area contributed by atoms with E-state index in [0.29, 0.717) is 12.4 Å². The van der Waals surface area contributed by atoms with Gasteiger partial charge in [0.1, 0.15) is 11.8 Å². The van der Waals surface area contributed by atoms with Crippen molar-refractivity contribution in [2.75, 3.05) is 13.7 Å². The molecule has 9 nitrogen and oxygen atoms in total. The third-order valence-electron chi connectivity index (χ3n) is 3.21. The number of ether oxygens (including phenoxy) is 1. The fraction of sp³-hybridized carbons (Fsp3) is 0.400. The van der Waals surface area contributed by atoms with Gasteiger partial charge in [-0.2, -0.15) is 4.98 Å². The molecule has 2 heterocycles. The number of hydrogen-bond acceptors (Lipinski definition) is 7. The van der Waals surface area contributed by atoms with Gasteiger partial charge in [0.25, 0.3) is 5.91 Å². The monoisotopic (exact) mass is 334 g/mol. The van der Waals surface area contributed by atoms with Gasteiger partial charge in [-0.3, -0.25) is 4.79 Å². The molecule has 24 heavy (non-hydrogen) atoms. The van der Waals surface area contributed by atoms with Crippen LogP contribution in [-0.4, -0.2) is 50.7 Å². The average Bonchev–Trinajstić information content (AvgIpc) is 3.03. The Bertz CT molecular complexity index is 713. The van der Waals surface area contributed by atoms with Gasteiger partial charge in [0.05, 0.1) is 12.1 Å². The summed E-state index contributed by atoms with van der Waals surface area (Å²) in [6, 6.07) is 2.68. The number of amides is 1. The minimum absolute atomic E-state index is 0.116. The van der Waals surface area contributed by atoms with Crippen LogP contribution in [0.25, 0.3) is 0 Å². The van der Waals surface area contributed by atoms with Crippen molar-refractivity contribution in [1.29, 1.82) is 0 Å². The predicted octanol–water partition coefficient (Wildman–Crippen LogP) is 1.53. The summed E-state index contributed by atoms with van der Waals surface area (Å²) in [5.74, 6) is -0.788. The van der Waals surface area contributed by atoms with Crippen molar-refractivity contribution >= 4 is 11.9 Å². The summed E-state index contributed by atoms with van der Waals surface area (Å²) in [6.07, 6.45) is 0.930. The minimum atomic E-state index is -1.15. The number of carboxylic acids is 1. The smallest absolute Gasteiger partial charge is 0.354 e. The van der Waals surface area contributed by atoms with Crippen molar-refractivity contribution in [3.05, 3.63) is 41.3 Å². The van der Waals surface area contributed by atoms with Crippen LogP contribution in [0.3, 0.4) is 0 Å². The summed E-state index contributed by atoms with van der Waals surface area (Å²) in [6.45, 7) is 4.32. The van der Waals surface area contributed by atoms with Gasteiger partial charge in [-0.15, -0.1) is 0 Å². The van der Waals surface area contributed by atoms with Gasteiger partial charge in [0.15, 0.2) is 5.82 Å². The fourth-order valence-electron chi connectivity index (χ4n) is 1.96. The van der Waals surface area contributed by atoms with Crippen LogP contribution >= 0.6 is 0 Å². The maximum absolute atomic E-state index is 12.3. The van der Waals surface area contributed by atoms with Gasteiger partial charge in [0, 0.05) is 19.9 Å². The number of carboxylic acid groups (broad SMARTS) is 1. The molecule has 2 rings (SSSR count). The molecule has 1 unspecified atom stereocenters. The van der Waals surface area contributed by atoms with Gasteiger partial charge >= 0.3 is 5.97 Å². The molecule has 2 aromatic heterocycles. The predicted molar refractivity (Wildman–Crippen MR) is 81.3 cm³/mol. The van der Waals surface area contributed by atoms with E-state index in [1.165, 1.54) is 23.2 Å². The molecule has 1 amide bonds. The molecule has 9 heteroatoms. The summed E-state index contributed by atoms with van der Waals surface area (Å²) in [5, 5.41) is 12.6. The molecule has 0 aliphatic carbocycles. The SMILES string of the molecule is CCOC(C)c1noc(CN(C)C(=O)c2ccc(C(=O)O)nc2)n1. The Labute approximate surface area is 138 Å². The van der Waals surface area contributed by atoms with Crippen LogP contribution in [0, 0.1) is 0 Å². The topological polar surface area (TPSA) is 119 Å². The van der Waals surface area contributed by atoms with E-state index in [0.717, 1.165) is 0 Å². The lowest BCUT2D eigenvalue weighted by Crippen LogP contribution is -2.26. The summed E-state index contributed by atoms with van der Waals surface area (Å²) >= 11 is 0. The van der Waals surface area contributed by atoms with Crippen LogP contribution in [0.5, 0.6) is 0 Å². The highest BCUT2D eigenvalue weighted by Crippen LogP contribution is 2.14. The Kier molecular flexibility index (Phi) is 5.59. The highest BCUT2D eigenvalue weighted by atomic mass is 16.5. The molecule has 2 aromatic rings. The van der Waals surface area contributed by atoms with E-state index >= 15 is 0 Å². The molecular weight excluding hydrogens is 316 g/mol. The molecule has 0 radical (unpaired) electrons. The van der Waals surface area contributed by atoms with E-state index in [1.54, 1.807) is 7.05 Å². The zero-order valence-corrected chi connectivity index (χ0v) is 13.6. The molecule has 0 spiro atoms. The zero-order chi connectivity index (χ0) is 17.7. The summed E-state index contributed by atoms with van der Waals surface area (Å²) in [5.41, 5.74) is 0.144. The molecule has 0 bridgehead atoms. The van der Waals surface area contributed by atoms with Crippen LogP contribution in [-0.2, 0) is 11.3 Å². The highest BCUT2D eigenvalue weighted by Gasteiger charge is 2.18. The summed E-state index contributed by atoms with van der Waals surface area (Å²) in [7, 11) is 1.57. The third kappa shape index (κ3) is 4.13. The number of carbonyl (C=O) groups excluding carboxylic acids is 1. The van der Waals surface area contributed by atoms with Gasteiger partial charge in [-0.1, -0.05) is 5.16 Å². The number of carbonyl (C=O) groups is 2. The molecular formula is C15H18N4O5. The largest absolute Gasteiger partial charge is 0.477 e. The van der Waals surface area contributed by atoms with Crippen molar-refractivity contribution in [3.63, 3.8) is 0 Å². The van der Waals surface area contributed by atoms with E-state index in [1.807, 2.05) is 13.8 Å². The van der Waals surface area contributed by atoms with Crippen LogP contribution in [0.15, 0.2) is 22.9 Å². The Morgan fingerprint density at radius 3 is 2.75 bits per heavy atom. The van der Waals surface area contributed by atoms with Gasteiger partial charge in [-0.25, -0.2) is 9.78 Å². The highest BCUT2D eigenvalue weighted by molar-refractivity contribution is 5.94. The first-order chi connectivity index (χ1) is 11.4. The quantitative estimate of drug-likeness (QED) is 0.809. The number of nitrogens with zero attached hydrogens (tertiary/aromatic N) is 4. The van der Waals surface area contributed by atoms with Crippen molar-refractivity contribution in [2.24, 2.45) is 0 Å². The summed E-state index contributed by atoms with van der Waals surface area (Å²) in [4.78, 5) is 32.4. The standard InChI is InChI=1S/C15H18N4O5/c1-4-23-9(2)13-17-12(24-18-13)8-19(3)14(20)10-5-6-11(15(21)22)16-7-10/h5-7,9H,4,8H2,1-3H3,(H,21,22). The van der Waals surface area contributed by atoms with Crippen LogP contribution in [0.4, 0.5) is 0 Å². The lowest BCUT2D eigenvalue weighted by molar-refractivity contribution is 0.0681. The maximum atomic E-state index is 12.3. The first-order valence-electron chi connectivity index (χ1n) is 7.31. The molecule has 0 aliphatic heterocycles. The van der Waals surface area contributed by atoms with E-state index in [2.05, 4.69) is 15.1 Å². The van der Waals surface area contributed by atoms with Gasteiger partial charge in [0.2, 0.25) is 5.89 Å². The fourth-order valence-corrected chi connectivity index (χ4v) is 1.96. The Morgan fingerprint density at radius 2 is 2.17 bits per heavy atom. The number of rotatable bonds is 7. The van der Waals surface area contributed by atoms with Gasteiger partial charge in [-0.05, 0) is 26.0 Å². The normalized spacial score (nSPS) is 12.0. The second-order valence-corrected chi connectivity index (χ2v) is 5.04. The lowest BCUT2D eigenvalue weighted by Gasteiger charge is -2.14. The molecule has 0 saturated carbocycles. The van der Waals surface area contributed by atoms with E-state index < -0.39 is 5.97 Å². The Morgan fingerprint density at radius 1 is 1.42 bits per heavy atom. The molecule has 128 valence electrons. The van der Waals surface area contributed by atoms with Crippen molar-refractivity contribution in [1.82, 2.24) is 20.0 Å². The second kappa shape index (κ2) is 7.64. The summed E-state index contributed by atoms with van der Waals surface area (Å²) < 4.78 is 10.5. The first kappa shape index (κ1) is 17.5. The molecule has 0 saturated heterocycles. The number of aromatic carboxylic acids is 1. The number of hydrogen-bond donors (Lipinski definition) is 1. The molecule has 0 aromatic carbocycles.